The normalized spacial score (nSPS) is 22.5. The van der Waals surface area contributed by atoms with Gasteiger partial charge in [0.25, 0.3) is 0 Å². The Labute approximate surface area is 138 Å². The maximum Gasteiger partial charge on any atom is 0.310 e. The van der Waals surface area contributed by atoms with Crippen LogP contribution in [0.25, 0.3) is 0 Å². The minimum atomic E-state index is -1.29. The van der Waals surface area contributed by atoms with Gasteiger partial charge >= 0.3 is 5.97 Å². The summed E-state index contributed by atoms with van der Waals surface area (Å²) in [5.74, 6) is -5.27. The second-order valence-electron chi connectivity index (χ2n) is 6.86. The molecule has 0 bridgehead atoms. The Morgan fingerprint density at radius 2 is 1.71 bits per heavy atom. The predicted octanol–water partition coefficient (Wildman–Crippen LogP) is 4.91. The quantitative estimate of drug-likeness (QED) is 0.441. The highest BCUT2D eigenvalue weighted by Gasteiger charge is 2.61. The number of hydrogen-bond acceptors (Lipinski definition) is 2. The molecular weight excluding hydrogens is 324 g/mol. The van der Waals surface area contributed by atoms with Gasteiger partial charge in [-0.05, 0) is 43.7 Å². The molecule has 0 saturated heterocycles. The van der Waals surface area contributed by atoms with Crippen molar-refractivity contribution in [1.82, 2.24) is 0 Å². The molecule has 1 aromatic rings. The molecule has 6 heteroatoms. The Morgan fingerprint density at radius 3 is 2.25 bits per heavy atom. The van der Waals surface area contributed by atoms with Crippen molar-refractivity contribution < 1.29 is 27.1 Å². The highest BCUT2D eigenvalue weighted by Crippen LogP contribution is 2.60. The van der Waals surface area contributed by atoms with Crippen molar-refractivity contribution in [2.75, 3.05) is 0 Å². The van der Waals surface area contributed by atoms with Gasteiger partial charge in [0.1, 0.15) is 12.4 Å². The van der Waals surface area contributed by atoms with Crippen LogP contribution in [0.5, 0.6) is 0 Å². The SMILES string of the molecule is C/C(F)=C\[C@H]1[C@@H](C(=O)OCc2c(C)c(F)c(C)c(F)c2F)C1(C)C. The molecule has 0 heterocycles. The van der Waals surface area contributed by atoms with Crippen molar-refractivity contribution in [3.05, 3.63) is 46.0 Å². The highest BCUT2D eigenvalue weighted by atomic mass is 19.2. The molecule has 1 aromatic carbocycles. The Balaban J connectivity index is 2.16. The molecule has 0 spiro atoms. The van der Waals surface area contributed by atoms with E-state index in [1.807, 2.05) is 0 Å². The summed E-state index contributed by atoms with van der Waals surface area (Å²) in [4.78, 5) is 12.2. The monoisotopic (exact) mass is 344 g/mol. The van der Waals surface area contributed by atoms with Crippen LogP contribution in [0.2, 0.25) is 0 Å². The van der Waals surface area contributed by atoms with E-state index < -0.39 is 52.8 Å². The second kappa shape index (κ2) is 6.22. The number of halogens is 4. The van der Waals surface area contributed by atoms with E-state index in [-0.39, 0.29) is 17.0 Å². The maximum absolute atomic E-state index is 14.0. The summed E-state index contributed by atoms with van der Waals surface area (Å²) in [6.45, 7) is 6.74. The molecule has 24 heavy (non-hydrogen) atoms. The summed E-state index contributed by atoms with van der Waals surface area (Å²) < 4.78 is 59.6. The first kappa shape index (κ1) is 18.5. The first-order chi connectivity index (χ1) is 11.0. The third kappa shape index (κ3) is 3.06. The van der Waals surface area contributed by atoms with E-state index in [1.54, 1.807) is 13.8 Å². The van der Waals surface area contributed by atoms with E-state index in [4.69, 9.17) is 4.74 Å². The fraction of sp³-hybridized carbons (Fsp3) is 0.500. The lowest BCUT2D eigenvalue weighted by atomic mass is 10.0. The van der Waals surface area contributed by atoms with Crippen LogP contribution in [0.1, 0.15) is 37.5 Å². The van der Waals surface area contributed by atoms with Crippen LogP contribution >= 0.6 is 0 Å². The van der Waals surface area contributed by atoms with E-state index in [1.165, 1.54) is 19.9 Å². The number of carbonyl (C=O) groups excluding carboxylic acids is 1. The van der Waals surface area contributed by atoms with Crippen LogP contribution in [0.4, 0.5) is 17.6 Å². The number of benzene rings is 1. The summed E-state index contributed by atoms with van der Waals surface area (Å²) >= 11 is 0. The molecule has 2 atom stereocenters. The molecule has 132 valence electrons. The van der Waals surface area contributed by atoms with Gasteiger partial charge in [-0.2, -0.15) is 0 Å². The van der Waals surface area contributed by atoms with Gasteiger partial charge in [0, 0.05) is 11.1 Å². The summed E-state index contributed by atoms with van der Waals surface area (Å²) in [5.41, 5.74) is -1.30. The largest absolute Gasteiger partial charge is 0.460 e. The molecule has 1 aliphatic carbocycles. The molecule has 0 amide bonds. The van der Waals surface area contributed by atoms with Gasteiger partial charge in [0.2, 0.25) is 0 Å². The zero-order valence-corrected chi connectivity index (χ0v) is 14.3. The molecule has 0 unspecified atom stereocenters. The van der Waals surface area contributed by atoms with Crippen molar-refractivity contribution in [2.24, 2.45) is 17.3 Å². The van der Waals surface area contributed by atoms with Gasteiger partial charge in [-0.1, -0.05) is 13.8 Å². The second-order valence-corrected chi connectivity index (χ2v) is 6.86. The molecule has 0 N–H and O–H groups in total. The van der Waals surface area contributed by atoms with E-state index >= 15 is 0 Å². The van der Waals surface area contributed by atoms with Crippen LogP contribution in [0.3, 0.4) is 0 Å². The minimum Gasteiger partial charge on any atom is -0.460 e. The number of esters is 1. The summed E-state index contributed by atoms with van der Waals surface area (Å²) in [6.07, 6.45) is 1.35. The summed E-state index contributed by atoms with van der Waals surface area (Å²) in [7, 11) is 0. The summed E-state index contributed by atoms with van der Waals surface area (Å²) in [5, 5.41) is 0. The first-order valence-electron chi connectivity index (χ1n) is 7.63. The van der Waals surface area contributed by atoms with Gasteiger partial charge in [0.05, 0.1) is 11.7 Å². The number of rotatable bonds is 4. The van der Waals surface area contributed by atoms with Gasteiger partial charge in [-0.3, -0.25) is 4.79 Å². The van der Waals surface area contributed by atoms with Crippen molar-refractivity contribution in [2.45, 2.75) is 41.2 Å². The third-order valence-electron chi connectivity index (χ3n) is 4.83. The third-order valence-corrected chi connectivity index (χ3v) is 4.83. The van der Waals surface area contributed by atoms with Crippen LogP contribution in [0.15, 0.2) is 11.9 Å². The zero-order valence-electron chi connectivity index (χ0n) is 14.3. The average molecular weight is 344 g/mol. The van der Waals surface area contributed by atoms with E-state index in [9.17, 15) is 22.4 Å². The molecule has 1 fully saturated rings. The predicted molar refractivity (Wildman–Crippen MR) is 81.2 cm³/mol. The molecule has 1 saturated carbocycles. The number of hydrogen-bond donors (Lipinski definition) is 0. The Bertz CT molecular complexity index is 689. The van der Waals surface area contributed by atoms with Gasteiger partial charge in [-0.25, -0.2) is 17.6 Å². The molecule has 2 rings (SSSR count). The molecule has 0 radical (unpaired) electrons. The van der Waals surface area contributed by atoms with E-state index in [0.29, 0.717) is 0 Å². The standard InChI is InChI=1S/C18H20F4O2/c1-8(19)6-12-13(18(12,4)5)17(23)24-7-11-9(2)14(20)10(3)15(21)16(11)22/h6,12-13H,7H2,1-5H3/b8-6+/t12-,13-/m0/s1. The van der Waals surface area contributed by atoms with Crippen molar-refractivity contribution in [3.8, 4) is 0 Å². The lowest BCUT2D eigenvalue weighted by Gasteiger charge is -2.13. The smallest absolute Gasteiger partial charge is 0.310 e. The highest BCUT2D eigenvalue weighted by molar-refractivity contribution is 5.78. The Kier molecular flexibility index (Phi) is 4.79. The molecule has 1 aliphatic rings. The number of carbonyl (C=O) groups is 1. The minimum absolute atomic E-state index is 0.0923. The van der Waals surface area contributed by atoms with E-state index in [0.717, 1.165) is 6.92 Å². The molecule has 0 aliphatic heterocycles. The maximum atomic E-state index is 14.0. The summed E-state index contributed by atoms with van der Waals surface area (Å²) in [6, 6.07) is 0. The van der Waals surface area contributed by atoms with Crippen molar-refractivity contribution >= 4 is 5.97 Å². The lowest BCUT2D eigenvalue weighted by Crippen LogP contribution is -2.13. The van der Waals surface area contributed by atoms with Crippen molar-refractivity contribution in [3.63, 3.8) is 0 Å². The number of ether oxygens (including phenoxy) is 1. The molecule has 0 aromatic heterocycles. The van der Waals surface area contributed by atoms with Gasteiger partial charge in [-0.15, -0.1) is 0 Å². The van der Waals surface area contributed by atoms with Crippen LogP contribution in [-0.2, 0) is 16.1 Å². The zero-order chi connectivity index (χ0) is 18.4. The molecular formula is C18H20F4O2. The van der Waals surface area contributed by atoms with Crippen LogP contribution in [-0.4, -0.2) is 5.97 Å². The lowest BCUT2D eigenvalue weighted by molar-refractivity contribution is -0.147. The van der Waals surface area contributed by atoms with Gasteiger partial charge in [0.15, 0.2) is 11.6 Å². The van der Waals surface area contributed by atoms with Crippen LogP contribution < -0.4 is 0 Å². The first-order valence-corrected chi connectivity index (χ1v) is 7.63. The van der Waals surface area contributed by atoms with E-state index in [2.05, 4.69) is 0 Å². The Hall–Kier alpha value is -1.85. The van der Waals surface area contributed by atoms with Crippen molar-refractivity contribution in [1.29, 1.82) is 0 Å². The Morgan fingerprint density at radius 1 is 1.12 bits per heavy atom. The van der Waals surface area contributed by atoms with Crippen LogP contribution in [0, 0.1) is 48.5 Å². The molecule has 2 nitrogen and oxygen atoms in total. The van der Waals surface area contributed by atoms with Gasteiger partial charge < -0.3 is 4.74 Å². The fourth-order valence-electron chi connectivity index (χ4n) is 3.06. The topological polar surface area (TPSA) is 26.3 Å². The number of allylic oxidation sites excluding steroid dienone is 2. The average Bonchev–Trinajstić information content (AvgIpc) is 3.02. The fourth-order valence-corrected chi connectivity index (χ4v) is 3.06.